The monoisotopic (exact) mass is 301 g/mol. The molecule has 2 N–H and O–H groups in total. The molecule has 0 aromatic carbocycles. The molecule has 0 fully saturated rings. The third kappa shape index (κ3) is 7.36. The van der Waals surface area contributed by atoms with Crippen molar-refractivity contribution in [1.82, 2.24) is 5.32 Å². The Morgan fingerprint density at radius 2 is 2.05 bits per heavy atom. The van der Waals surface area contributed by atoms with Crippen molar-refractivity contribution in [2.24, 2.45) is 0 Å². The number of aryl methyl sites for hydroxylation is 2. The Labute approximate surface area is 126 Å². The van der Waals surface area contributed by atoms with Crippen molar-refractivity contribution in [2.45, 2.75) is 46.4 Å². The summed E-state index contributed by atoms with van der Waals surface area (Å²) in [4.78, 5) is 2.66. The Morgan fingerprint density at radius 1 is 1.30 bits per heavy atom. The van der Waals surface area contributed by atoms with Gasteiger partial charge in [-0.25, -0.2) is 0 Å². The van der Waals surface area contributed by atoms with Gasteiger partial charge in [0, 0.05) is 22.8 Å². The minimum Gasteiger partial charge on any atom is -0.389 e. The van der Waals surface area contributed by atoms with Gasteiger partial charge in [-0.05, 0) is 39.3 Å². The zero-order chi connectivity index (χ0) is 15.0. The average Bonchev–Trinajstić information content (AvgIpc) is 2.68. The van der Waals surface area contributed by atoms with Gasteiger partial charge in [0.05, 0.1) is 32.0 Å². The van der Waals surface area contributed by atoms with E-state index in [4.69, 9.17) is 9.47 Å². The van der Waals surface area contributed by atoms with Crippen LogP contribution in [0.25, 0.3) is 0 Å². The second kappa shape index (κ2) is 9.47. The number of thiophene rings is 1. The van der Waals surface area contributed by atoms with E-state index in [1.165, 1.54) is 15.3 Å². The molecule has 0 aliphatic rings. The number of aliphatic hydroxyl groups is 1. The summed E-state index contributed by atoms with van der Waals surface area (Å²) in [5.74, 6) is 0. The quantitative estimate of drug-likeness (QED) is 0.651. The van der Waals surface area contributed by atoms with Crippen LogP contribution in [0.5, 0.6) is 0 Å². The van der Waals surface area contributed by atoms with Gasteiger partial charge in [-0.1, -0.05) is 0 Å². The lowest BCUT2D eigenvalue weighted by atomic mass is 10.3. The number of ether oxygens (including phenoxy) is 2. The molecule has 1 heterocycles. The second-order valence-electron chi connectivity index (χ2n) is 5.23. The first-order chi connectivity index (χ1) is 9.49. The molecule has 0 aliphatic carbocycles. The molecule has 20 heavy (non-hydrogen) atoms. The molecule has 0 saturated heterocycles. The summed E-state index contributed by atoms with van der Waals surface area (Å²) in [5.41, 5.74) is 1.33. The predicted molar refractivity (Wildman–Crippen MR) is 83.4 cm³/mol. The van der Waals surface area contributed by atoms with E-state index in [-0.39, 0.29) is 6.10 Å². The standard InChI is InChI=1S/C15H27NO3S/c1-11(2)19-6-5-18-10-14(17)8-16-9-15-7-12(3)13(4)20-15/h7,11,14,16-17H,5-6,8-10H2,1-4H3. The first kappa shape index (κ1) is 17.6. The molecule has 0 bridgehead atoms. The van der Waals surface area contributed by atoms with Crippen LogP contribution in [0.15, 0.2) is 6.07 Å². The van der Waals surface area contributed by atoms with Gasteiger partial charge in [0.15, 0.2) is 0 Å². The van der Waals surface area contributed by atoms with E-state index in [0.717, 1.165) is 6.54 Å². The van der Waals surface area contributed by atoms with E-state index in [2.05, 4.69) is 25.2 Å². The third-order valence-corrected chi connectivity index (χ3v) is 4.04. The molecule has 5 heteroatoms. The van der Waals surface area contributed by atoms with Crippen molar-refractivity contribution in [3.05, 3.63) is 21.4 Å². The summed E-state index contributed by atoms with van der Waals surface area (Å²) in [5, 5.41) is 13.0. The van der Waals surface area contributed by atoms with Crippen LogP contribution in [-0.2, 0) is 16.0 Å². The van der Waals surface area contributed by atoms with Gasteiger partial charge >= 0.3 is 0 Å². The molecule has 1 unspecified atom stereocenters. The summed E-state index contributed by atoms with van der Waals surface area (Å²) in [7, 11) is 0. The molecule has 4 nitrogen and oxygen atoms in total. The highest BCUT2D eigenvalue weighted by molar-refractivity contribution is 7.12. The summed E-state index contributed by atoms with van der Waals surface area (Å²) in [6, 6.07) is 2.19. The molecule has 1 rings (SSSR count). The average molecular weight is 301 g/mol. The molecular formula is C15H27NO3S. The smallest absolute Gasteiger partial charge is 0.0897 e. The van der Waals surface area contributed by atoms with E-state index in [0.29, 0.717) is 26.4 Å². The lowest BCUT2D eigenvalue weighted by Gasteiger charge is -2.13. The Hall–Kier alpha value is -0.460. The van der Waals surface area contributed by atoms with Gasteiger partial charge < -0.3 is 19.9 Å². The van der Waals surface area contributed by atoms with E-state index >= 15 is 0 Å². The van der Waals surface area contributed by atoms with Crippen LogP contribution in [-0.4, -0.2) is 43.7 Å². The van der Waals surface area contributed by atoms with Crippen molar-refractivity contribution in [2.75, 3.05) is 26.4 Å². The van der Waals surface area contributed by atoms with E-state index in [1.54, 1.807) is 11.3 Å². The first-order valence-corrected chi connectivity index (χ1v) is 7.94. The Morgan fingerprint density at radius 3 is 2.65 bits per heavy atom. The number of hydrogen-bond acceptors (Lipinski definition) is 5. The fourth-order valence-corrected chi connectivity index (χ4v) is 2.74. The fraction of sp³-hybridized carbons (Fsp3) is 0.733. The van der Waals surface area contributed by atoms with Crippen LogP contribution < -0.4 is 5.32 Å². The van der Waals surface area contributed by atoms with Gasteiger partial charge in [0.2, 0.25) is 0 Å². The van der Waals surface area contributed by atoms with E-state index < -0.39 is 6.10 Å². The number of aliphatic hydroxyl groups excluding tert-OH is 1. The van der Waals surface area contributed by atoms with Crippen LogP contribution in [0.1, 0.15) is 29.2 Å². The Balaban J connectivity index is 2.04. The Bertz CT molecular complexity index is 360. The highest BCUT2D eigenvalue weighted by atomic mass is 32.1. The third-order valence-electron chi connectivity index (χ3n) is 2.89. The van der Waals surface area contributed by atoms with Crippen molar-refractivity contribution in [3.63, 3.8) is 0 Å². The number of nitrogens with one attached hydrogen (secondary N) is 1. The van der Waals surface area contributed by atoms with Gasteiger partial charge in [-0.3, -0.25) is 0 Å². The molecule has 1 aromatic heterocycles. The highest BCUT2D eigenvalue weighted by Gasteiger charge is 2.05. The van der Waals surface area contributed by atoms with E-state index in [1.807, 2.05) is 13.8 Å². The molecule has 1 atom stereocenters. The van der Waals surface area contributed by atoms with Crippen LogP contribution >= 0.6 is 11.3 Å². The first-order valence-electron chi connectivity index (χ1n) is 7.13. The maximum absolute atomic E-state index is 9.77. The molecule has 0 spiro atoms. The van der Waals surface area contributed by atoms with Gasteiger partial charge in [0.1, 0.15) is 0 Å². The SMILES string of the molecule is Cc1cc(CNCC(O)COCCOC(C)C)sc1C. The maximum Gasteiger partial charge on any atom is 0.0897 e. The normalized spacial score (nSPS) is 13.1. The lowest BCUT2D eigenvalue weighted by molar-refractivity contribution is -0.00999. The Kier molecular flexibility index (Phi) is 8.33. The largest absolute Gasteiger partial charge is 0.389 e. The number of hydrogen-bond donors (Lipinski definition) is 2. The van der Waals surface area contributed by atoms with Crippen LogP contribution in [0.4, 0.5) is 0 Å². The maximum atomic E-state index is 9.77. The molecule has 0 saturated carbocycles. The predicted octanol–water partition coefficient (Wildman–Crippen LogP) is 2.26. The molecule has 0 aliphatic heterocycles. The zero-order valence-corrected chi connectivity index (χ0v) is 13.8. The summed E-state index contributed by atoms with van der Waals surface area (Å²) in [6.07, 6.45) is -0.251. The summed E-state index contributed by atoms with van der Waals surface area (Å²) >= 11 is 1.80. The molecular weight excluding hydrogens is 274 g/mol. The van der Waals surface area contributed by atoms with Crippen LogP contribution in [0, 0.1) is 13.8 Å². The van der Waals surface area contributed by atoms with Crippen molar-refractivity contribution < 1.29 is 14.6 Å². The minimum absolute atomic E-state index is 0.225. The minimum atomic E-state index is -0.476. The van der Waals surface area contributed by atoms with Gasteiger partial charge in [-0.15, -0.1) is 11.3 Å². The van der Waals surface area contributed by atoms with Crippen molar-refractivity contribution in [3.8, 4) is 0 Å². The number of rotatable bonds is 10. The van der Waals surface area contributed by atoms with Crippen LogP contribution in [0.2, 0.25) is 0 Å². The lowest BCUT2D eigenvalue weighted by Crippen LogP contribution is -2.30. The summed E-state index contributed by atoms with van der Waals surface area (Å²) in [6.45, 7) is 11.0. The molecule has 0 amide bonds. The van der Waals surface area contributed by atoms with Crippen LogP contribution in [0.3, 0.4) is 0 Å². The second-order valence-corrected chi connectivity index (χ2v) is 6.57. The summed E-state index contributed by atoms with van der Waals surface area (Å²) < 4.78 is 10.7. The molecule has 1 aromatic rings. The van der Waals surface area contributed by atoms with E-state index in [9.17, 15) is 5.11 Å². The van der Waals surface area contributed by atoms with Gasteiger partial charge in [-0.2, -0.15) is 0 Å². The molecule has 0 radical (unpaired) electrons. The molecule has 116 valence electrons. The highest BCUT2D eigenvalue weighted by Crippen LogP contribution is 2.20. The van der Waals surface area contributed by atoms with Crippen molar-refractivity contribution in [1.29, 1.82) is 0 Å². The fourth-order valence-electron chi connectivity index (χ4n) is 1.72. The van der Waals surface area contributed by atoms with Crippen molar-refractivity contribution >= 4 is 11.3 Å². The topological polar surface area (TPSA) is 50.7 Å². The zero-order valence-electron chi connectivity index (χ0n) is 12.9. The van der Waals surface area contributed by atoms with Gasteiger partial charge in [0.25, 0.3) is 0 Å².